The van der Waals surface area contributed by atoms with E-state index in [0.717, 1.165) is 0 Å². The minimum Gasteiger partial charge on any atom is -0.459 e. The van der Waals surface area contributed by atoms with E-state index in [2.05, 4.69) is 9.47 Å². The Morgan fingerprint density at radius 2 is 1.48 bits per heavy atom. The number of anilines is 1. The molecule has 0 fully saturated rings. The maximum Gasteiger partial charge on any atom is 0.573 e. The molecule has 0 aliphatic rings. The molecule has 0 spiro atoms. The number of hydrogen-bond donors (Lipinski definition) is 2. The molecule has 2 N–H and O–H groups in total. The Morgan fingerprint density at radius 1 is 0.968 bits per heavy atom. The van der Waals surface area contributed by atoms with Crippen LogP contribution in [0.3, 0.4) is 0 Å². The van der Waals surface area contributed by atoms with Crippen molar-refractivity contribution in [3.8, 4) is 5.75 Å². The molecule has 1 amide bonds. The van der Waals surface area contributed by atoms with E-state index in [1.165, 1.54) is 12.3 Å². The molecular formula is C14H9ClF10N2O4. The van der Waals surface area contributed by atoms with Gasteiger partial charge in [-0.1, -0.05) is 11.6 Å². The number of carbonyl (C=O) groups excluding carboxylic acids is 2. The minimum absolute atomic E-state index is 0.287. The van der Waals surface area contributed by atoms with Gasteiger partial charge in [-0.3, -0.25) is 15.6 Å². The van der Waals surface area contributed by atoms with Crippen molar-refractivity contribution >= 4 is 29.2 Å². The molecule has 31 heavy (non-hydrogen) atoms. The van der Waals surface area contributed by atoms with Gasteiger partial charge >= 0.3 is 36.3 Å². The highest BCUT2D eigenvalue weighted by Gasteiger charge is 2.73. The van der Waals surface area contributed by atoms with Crippen LogP contribution in [0, 0.1) is 0 Å². The first-order chi connectivity index (χ1) is 13.8. The van der Waals surface area contributed by atoms with E-state index >= 15 is 0 Å². The molecule has 0 radical (unpaired) electrons. The predicted molar refractivity (Wildman–Crippen MR) is 81.4 cm³/mol. The van der Waals surface area contributed by atoms with Crippen LogP contribution in [-0.2, 0) is 20.0 Å². The Balaban J connectivity index is 3.56. The molecule has 0 bridgehead atoms. The van der Waals surface area contributed by atoms with Crippen LogP contribution in [0.4, 0.5) is 49.6 Å². The molecule has 0 unspecified atom stereocenters. The highest BCUT2D eigenvalue weighted by atomic mass is 35.5. The molecule has 1 aromatic rings. The summed E-state index contributed by atoms with van der Waals surface area (Å²) in [6.07, 6.45) is -19.0. The standard InChI is InChI=1S/C14H9ClF10N2O4/c1-2-30-10(29)9(28)27-26-8-6(15)3-5(4-7(8)31-14(23,24)25)11(16,12(17,18)19)13(20,21)22/h3-4,26H,2H2,1H3,(H,27,28). The molecule has 0 heterocycles. The number of rotatable bonds is 5. The second-order valence-electron chi connectivity index (χ2n) is 5.33. The monoisotopic (exact) mass is 494 g/mol. The van der Waals surface area contributed by atoms with Gasteiger partial charge in [0.2, 0.25) is 0 Å². The summed E-state index contributed by atoms with van der Waals surface area (Å²) in [6.45, 7) is 0.992. The summed E-state index contributed by atoms with van der Waals surface area (Å²) in [7, 11) is 0. The first-order valence-electron chi connectivity index (χ1n) is 7.50. The Labute approximate surface area is 170 Å². The lowest BCUT2D eigenvalue weighted by Crippen LogP contribution is -2.50. The van der Waals surface area contributed by atoms with Gasteiger partial charge in [0.05, 0.1) is 11.6 Å². The Morgan fingerprint density at radius 3 is 1.90 bits per heavy atom. The van der Waals surface area contributed by atoms with Gasteiger partial charge in [-0.2, -0.15) is 26.3 Å². The van der Waals surface area contributed by atoms with Gasteiger partial charge < -0.3 is 9.47 Å². The summed E-state index contributed by atoms with van der Waals surface area (Å²) in [5, 5.41) is -1.36. The Bertz CT molecular complexity index is 824. The lowest BCUT2D eigenvalue weighted by molar-refractivity contribution is -0.348. The summed E-state index contributed by atoms with van der Waals surface area (Å²) < 4.78 is 137. The first kappa shape index (κ1) is 26.4. The van der Waals surface area contributed by atoms with Crippen LogP contribution < -0.4 is 15.6 Å². The van der Waals surface area contributed by atoms with E-state index < -0.39 is 64.3 Å². The quantitative estimate of drug-likeness (QED) is 0.272. The predicted octanol–water partition coefficient (Wildman–Crippen LogP) is 4.53. The normalized spacial score (nSPS) is 12.9. The van der Waals surface area contributed by atoms with Crippen molar-refractivity contribution < 1.29 is 63.0 Å². The fourth-order valence-corrected chi connectivity index (χ4v) is 2.22. The second kappa shape index (κ2) is 8.84. The zero-order valence-electron chi connectivity index (χ0n) is 14.7. The second-order valence-corrected chi connectivity index (χ2v) is 5.74. The number of hydrogen-bond acceptors (Lipinski definition) is 5. The molecule has 0 aromatic heterocycles. The van der Waals surface area contributed by atoms with Crippen molar-refractivity contribution in [3.05, 3.63) is 22.7 Å². The summed E-state index contributed by atoms with van der Waals surface area (Å²) >= 11 is 5.42. The Kier molecular flexibility index (Phi) is 7.52. The number of esters is 1. The van der Waals surface area contributed by atoms with Gasteiger partial charge in [0.15, 0.2) is 5.75 Å². The third-order valence-electron chi connectivity index (χ3n) is 3.22. The number of alkyl halides is 10. The van der Waals surface area contributed by atoms with Gasteiger partial charge in [-0.25, -0.2) is 9.18 Å². The van der Waals surface area contributed by atoms with Crippen molar-refractivity contribution in [2.75, 3.05) is 12.0 Å². The number of benzene rings is 1. The minimum atomic E-state index is -6.66. The van der Waals surface area contributed by atoms with Crippen LogP contribution in [-0.4, -0.2) is 37.2 Å². The molecule has 0 atom stereocenters. The maximum absolute atomic E-state index is 14.2. The van der Waals surface area contributed by atoms with Gasteiger partial charge in [0.25, 0.3) is 0 Å². The van der Waals surface area contributed by atoms with Crippen LogP contribution in [0.25, 0.3) is 0 Å². The zero-order chi connectivity index (χ0) is 24.4. The fourth-order valence-electron chi connectivity index (χ4n) is 1.96. The number of ether oxygens (including phenoxy) is 2. The van der Waals surface area contributed by atoms with Crippen molar-refractivity contribution in [1.29, 1.82) is 0 Å². The summed E-state index contributed by atoms with van der Waals surface area (Å²) in [6, 6.07) is -0.857. The van der Waals surface area contributed by atoms with Gasteiger partial charge in [-0.15, -0.1) is 13.2 Å². The Hall–Kier alpha value is -2.65. The molecule has 0 aliphatic heterocycles. The highest BCUT2D eigenvalue weighted by molar-refractivity contribution is 6.34. The molecule has 17 heteroatoms. The van der Waals surface area contributed by atoms with E-state index in [1.807, 2.05) is 0 Å². The smallest absolute Gasteiger partial charge is 0.459 e. The van der Waals surface area contributed by atoms with Crippen molar-refractivity contribution in [1.82, 2.24) is 5.43 Å². The van der Waals surface area contributed by atoms with Crippen LogP contribution in [0.2, 0.25) is 5.02 Å². The largest absolute Gasteiger partial charge is 0.573 e. The van der Waals surface area contributed by atoms with Crippen molar-refractivity contribution in [2.45, 2.75) is 31.3 Å². The molecular weight excluding hydrogens is 486 g/mol. The SMILES string of the molecule is CCOC(=O)C(=O)NNc1c(Cl)cc(C(F)(C(F)(F)F)C(F)(F)F)cc1OC(F)(F)F. The number of carbonyl (C=O) groups is 2. The van der Waals surface area contributed by atoms with Crippen LogP contribution in [0.5, 0.6) is 5.75 Å². The fraction of sp³-hybridized carbons (Fsp3) is 0.429. The lowest BCUT2D eigenvalue weighted by atomic mass is 9.93. The van der Waals surface area contributed by atoms with Gasteiger partial charge in [-0.05, 0) is 19.1 Å². The number of halogens is 11. The van der Waals surface area contributed by atoms with Gasteiger partial charge in [0, 0.05) is 5.56 Å². The number of nitrogens with one attached hydrogen (secondary N) is 2. The molecule has 176 valence electrons. The van der Waals surface area contributed by atoms with Gasteiger partial charge in [0.1, 0.15) is 5.69 Å². The number of amides is 1. The third-order valence-corrected chi connectivity index (χ3v) is 3.52. The summed E-state index contributed by atoms with van der Waals surface area (Å²) in [5.41, 5.74) is -6.77. The summed E-state index contributed by atoms with van der Waals surface area (Å²) in [4.78, 5) is 22.5. The average Bonchev–Trinajstić information content (AvgIpc) is 2.56. The van der Waals surface area contributed by atoms with E-state index in [9.17, 15) is 53.5 Å². The van der Waals surface area contributed by atoms with Crippen LogP contribution >= 0.6 is 11.6 Å². The first-order valence-corrected chi connectivity index (χ1v) is 7.88. The lowest BCUT2D eigenvalue weighted by Gasteiger charge is -2.31. The van der Waals surface area contributed by atoms with Crippen LogP contribution in [0.15, 0.2) is 12.1 Å². The van der Waals surface area contributed by atoms with E-state index in [-0.39, 0.29) is 12.7 Å². The average molecular weight is 495 g/mol. The van der Waals surface area contributed by atoms with E-state index in [4.69, 9.17) is 11.6 Å². The molecule has 0 aliphatic carbocycles. The third kappa shape index (κ3) is 5.95. The molecule has 0 saturated heterocycles. The van der Waals surface area contributed by atoms with E-state index in [1.54, 1.807) is 5.43 Å². The zero-order valence-corrected chi connectivity index (χ0v) is 15.4. The molecule has 0 saturated carbocycles. The summed E-state index contributed by atoms with van der Waals surface area (Å²) in [5.74, 6) is -5.07. The van der Waals surface area contributed by atoms with Crippen molar-refractivity contribution in [2.24, 2.45) is 0 Å². The van der Waals surface area contributed by atoms with Crippen molar-refractivity contribution in [3.63, 3.8) is 0 Å². The molecule has 6 nitrogen and oxygen atoms in total. The van der Waals surface area contributed by atoms with Crippen LogP contribution in [0.1, 0.15) is 12.5 Å². The van der Waals surface area contributed by atoms with E-state index in [0.29, 0.717) is 0 Å². The topological polar surface area (TPSA) is 76.7 Å². The highest BCUT2D eigenvalue weighted by Crippen LogP contribution is 2.55. The maximum atomic E-state index is 14.2. The number of hydrazine groups is 1. The molecule has 1 rings (SSSR count). The molecule has 1 aromatic carbocycles.